The zero-order valence-electron chi connectivity index (χ0n) is 11.0. The number of nitrogens with zero attached hydrogens (tertiary/aromatic N) is 2. The second kappa shape index (κ2) is 5.21. The zero-order valence-corrected chi connectivity index (χ0v) is 12.6. The van der Waals surface area contributed by atoms with Crippen LogP contribution in [0, 0.1) is 6.92 Å². The molecule has 1 aromatic heterocycles. The highest BCUT2D eigenvalue weighted by Crippen LogP contribution is 2.17. The summed E-state index contributed by atoms with van der Waals surface area (Å²) < 4.78 is 2.71. The van der Waals surface area contributed by atoms with Crippen molar-refractivity contribution in [2.45, 2.75) is 13.5 Å². The van der Waals surface area contributed by atoms with Gasteiger partial charge in [0.1, 0.15) is 5.82 Å². The molecule has 0 radical (unpaired) electrons. The summed E-state index contributed by atoms with van der Waals surface area (Å²) in [5.74, 6) is 0.726. The Balaban J connectivity index is 2.17. The molecule has 4 heteroatoms. The van der Waals surface area contributed by atoms with Crippen LogP contribution in [0.15, 0.2) is 57.8 Å². The van der Waals surface area contributed by atoms with E-state index in [9.17, 15) is 4.79 Å². The molecule has 100 valence electrons. The second-order valence-electron chi connectivity index (χ2n) is 4.66. The number of hydrogen-bond acceptors (Lipinski definition) is 2. The van der Waals surface area contributed by atoms with Crippen molar-refractivity contribution in [2.24, 2.45) is 0 Å². The standard InChI is InChI=1S/C16H13BrN2O/c1-11-18-15-9-5-3-7-13(15)16(20)19(11)10-12-6-2-4-8-14(12)17/h2-9H,10H2,1H3. The van der Waals surface area contributed by atoms with Crippen LogP contribution in [0.1, 0.15) is 11.4 Å². The molecule has 0 spiro atoms. The SMILES string of the molecule is Cc1nc2ccccc2c(=O)n1Cc1ccccc1Br. The summed E-state index contributed by atoms with van der Waals surface area (Å²) in [7, 11) is 0. The first-order valence-corrected chi connectivity index (χ1v) is 7.16. The molecule has 0 aliphatic heterocycles. The first-order valence-electron chi connectivity index (χ1n) is 6.36. The van der Waals surface area contributed by atoms with Gasteiger partial charge in [-0.05, 0) is 30.7 Å². The van der Waals surface area contributed by atoms with Gasteiger partial charge in [0.2, 0.25) is 0 Å². The van der Waals surface area contributed by atoms with Crippen molar-refractivity contribution in [3.8, 4) is 0 Å². The number of halogens is 1. The summed E-state index contributed by atoms with van der Waals surface area (Å²) in [6, 6.07) is 15.4. The lowest BCUT2D eigenvalue weighted by Crippen LogP contribution is -2.24. The van der Waals surface area contributed by atoms with E-state index >= 15 is 0 Å². The molecule has 0 saturated heterocycles. The Morgan fingerprint density at radius 1 is 1.10 bits per heavy atom. The van der Waals surface area contributed by atoms with Gasteiger partial charge in [-0.25, -0.2) is 4.98 Å². The molecule has 0 saturated carbocycles. The Hall–Kier alpha value is -1.94. The van der Waals surface area contributed by atoms with Crippen LogP contribution in [0.25, 0.3) is 10.9 Å². The van der Waals surface area contributed by atoms with E-state index in [-0.39, 0.29) is 5.56 Å². The van der Waals surface area contributed by atoms with E-state index < -0.39 is 0 Å². The van der Waals surface area contributed by atoms with Crippen molar-refractivity contribution in [1.82, 2.24) is 9.55 Å². The summed E-state index contributed by atoms with van der Waals surface area (Å²) in [6.45, 7) is 2.38. The van der Waals surface area contributed by atoms with E-state index in [1.807, 2.05) is 55.5 Å². The van der Waals surface area contributed by atoms with Gasteiger partial charge in [0.05, 0.1) is 17.4 Å². The fourth-order valence-corrected chi connectivity index (χ4v) is 2.67. The Morgan fingerprint density at radius 3 is 2.60 bits per heavy atom. The average Bonchev–Trinajstić information content (AvgIpc) is 2.45. The lowest BCUT2D eigenvalue weighted by atomic mass is 10.2. The van der Waals surface area contributed by atoms with E-state index in [2.05, 4.69) is 20.9 Å². The molecule has 0 N–H and O–H groups in total. The van der Waals surface area contributed by atoms with Gasteiger partial charge in [-0.3, -0.25) is 9.36 Å². The molecule has 0 amide bonds. The van der Waals surface area contributed by atoms with Crippen LogP contribution in [0.5, 0.6) is 0 Å². The maximum absolute atomic E-state index is 12.6. The zero-order chi connectivity index (χ0) is 14.1. The molecule has 2 aromatic carbocycles. The van der Waals surface area contributed by atoms with Gasteiger partial charge in [0.15, 0.2) is 0 Å². The Labute approximate surface area is 125 Å². The molecule has 0 bridgehead atoms. The summed E-state index contributed by atoms with van der Waals surface area (Å²) in [4.78, 5) is 17.1. The number of para-hydroxylation sites is 1. The van der Waals surface area contributed by atoms with Crippen LogP contribution in [0.2, 0.25) is 0 Å². The summed E-state index contributed by atoms with van der Waals surface area (Å²) in [5, 5.41) is 0.658. The van der Waals surface area contributed by atoms with Gasteiger partial charge < -0.3 is 0 Å². The van der Waals surface area contributed by atoms with Gasteiger partial charge in [0, 0.05) is 4.47 Å². The minimum Gasteiger partial charge on any atom is -0.292 e. The second-order valence-corrected chi connectivity index (χ2v) is 5.51. The Morgan fingerprint density at radius 2 is 1.80 bits per heavy atom. The summed E-state index contributed by atoms with van der Waals surface area (Å²) >= 11 is 3.52. The monoisotopic (exact) mass is 328 g/mol. The van der Waals surface area contributed by atoms with Crippen molar-refractivity contribution in [3.63, 3.8) is 0 Å². The largest absolute Gasteiger partial charge is 0.292 e. The van der Waals surface area contributed by atoms with Gasteiger partial charge in [-0.1, -0.05) is 46.3 Å². The number of benzene rings is 2. The average molecular weight is 329 g/mol. The molecule has 0 aliphatic rings. The van der Waals surface area contributed by atoms with Gasteiger partial charge in [-0.2, -0.15) is 0 Å². The normalized spacial score (nSPS) is 10.9. The molecular formula is C16H13BrN2O. The minimum atomic E-state index is 0.00357. The number of fused-ring (bicyclic) bond motifs is 1. The quantitative estimate of drug-likeness (QED) is 0.721. The first-order chi connectivity index (χ1) is 9.66. The van der Waals surface area contributed by atoms with E-state index in [1.165, 1.54) is 0 Å². The third kappa shape index (κ3) is 2.27. The molecule has 0 fully saturated rings. The fourth-order valence-electron chi connectivity index (χ4n) is 2.26. The smallest absolute Gasteiger partial charge is 0.261 e. The highest BCUT2D eigenvalue weighted by molar-refractivity contribution is 9.10. The maximum atomic E-state index is 12.6. The van der Waals surface area contributed by atoms with Crippen molar-refractivity contribution < 1.29 is 0 Å². The third-order valence-corrected chi connectivity index (χ3v) is 4.11. The van der Waals surface area contributed by atoms with Crippen LogP contribution in [-0.2, 0) is 6.54 Å². The van der Waals surface area contributed by atoms with E-state index in [1.54, 1.807) is 4.57 Å². The van der Waals surface area contributed by atoms with E-state index in [0.29, 0.717) is 11.9 Å². The summed E-state index contributed by atoms with van der Waals surface area (Å²) in [5.41, 5.74) is 1.82. The molecule has 0 aliphatic carbocycles. The van der Waals surface area contributed by atoms with Crippen molar-refractivity contribution >= 4 is 26.8 Å². The predicted molar refractivity (Wildman–Crippen MR) is 84.0 cm³/mol. The fraction of sp³-hybridized carbons (Fsp3) is 0.125. The Bertz CT molecular complexity index is 839. The Kier molecular flexibility index (Phi) is 3.40. The minimum absolute atomic E-state index is 0.00357. The van der Waals surface area contributed by atoms with Gasteiger partial charge in [-0.15, -0.1) is 0 Å². The van der Waals surface area contributed by atoms with Crippen LogP contribution in [0.4, 0.5) is 0 Å². The lowest BCUT2D eigenvalue weighted by molar-refractivity contribution is 0.711. The highest BCUT2D eigenvalue weighted by atomic mass is 79.9. The van der Waals surface area contributed by atoms with E-state index in [4.69, 9.17) is 0 Å². The predicted octanol–water partition coefficient (Wildman–Crippen LogP) is 3.52. The molecule has 1 heterocycles. The van der Waals surface area contributed by atoms with Gasteiger partial charge in [0.25, 0.3) is 5.56 Å². The topological polar surface area (TPSA) is 34.9 Å². The lowest BCUT2D eigenvalue weighted by Gasteiger charge is -2.11. The maximum Gasteiger partial charge on any atom is 0.261 e. The van der Waals surface area contributed by atoms with Crippen LogP contribution in [0.3, 0.4) is 0 Å². The molecule has 3 rings (SSSR count). The molecule has 0 unspecified atom stereocenters. The molecular weight excluding hydrogens is 316 g/mol. The highest BCUT2D eigenvalue weighted by Gasteiger charge is 2.09. The van der Waals surface area contributed by atoms with Crippen LogP contribution >= 0.6 is 15.9 Å². The van der Waals surface area contributed by atoms with Gasteiger partial charge >= 0.3 is 0 Å². The number of rotatable bonds is 2. The van der Waals surface area contributed by atoms with Crippen molar-refractivity contribution in [3.05, 3.63) is 74.7 Å². The first kappa shape index (κ1) is 13.1. The molecule has 3 nitrogen and oxygen atoms in total. The van der Waals surface area contributed by atoms with E-state index in [0.717, 1.165) is 21.4 Å². The number of hydrogen-bond donors (Lipinski definition) is 0. The summed E-state index contributed by atoms with van der Waals surface area (Å²) in [6.07, 6.45) is 0. The molecule has 20 heavy (non-hydrogen) atoms. The molecule has 0 atom stereocenters. The number of aryl methyl sites for hydroxylation is 1. The van der Waals surface area contributed by atoms with Crippen molar-refractivity contribution in [1.29, 1.82) is 0 Å². The number of aromatic nitrogens is 2. The van der Waals surface area contributed by atoms with Crippen molar-refractivity contribution in [2.75, 3.05) is 0 Å². The molecule has 3 aromatic rings. The third-order valence-electron chi connectivity index (χ3n) is 3.34. The van der Waals surface area contributed by atoms with Crippen LogP contribution in [-0.4, -0.2) is 9.55 Å². The van der Waals surface area contributed by atoms with Crippen LogP contribution < -0.4 is 5.56 Å².